The van der Waals surface area contributed by atoms with Crippen LogP contribution in [0.2, 0.25) is 5.02 Å². The van der Waals surface area contributed by atoms with E-state index < -0.39 is 0 Å². The molecule has 1 N–H and O–H groups in total. The second-order valence-electron chi connectivity index (χ2n) is 3.70. The molecule has 0 aliphatic heterocycles. The number of rotatable bonds is 7. The number of methoxy groups -OCH3 is 1. The van der Waals surface area contributed by atoms with E-state index in [4.69, 9.17) is 21.1 Å². The Labute approximate surface area is 116 Å². The van der Waals surface area contributed by atoms with Crippen LogP contribution in [0.1, 0.15) is 23.7 Å². The van der Waals surface area contributed by atoms with Crippen LogP contribution in [0.5, 0.6) is 11.5 Å². The summed E-state index contributed by atoms with van der Waals surface area (Å²) in [6.45, 7) is 2.57. The molecule has 1 rings (SSSR count). The van der Waals surface area contributed by atoms with Gasteiger partial charge >= 0.3 is 0 Å². The number of benzene rings is 1. The first-order chi connectivity index (χ1) is 9.12. The van der Waals surface area contributed by atoms with Crippen molar-refractivity contribution in [1.82, 2.24) is 5.32 Å². The minimum atomic E-state index is -0.108. The molecule has 0 spiro atoms. The Hall–Kier alpha value is -1.75. The fourth-order valence-corrected chi connectivity index (χ4v) is 1.73. The highest BCUT2D eigenvalue weighted by Gasteiger charge is 2.13. The van der Waals surface area contributed by atoms with Crippen LogP contribution in [-0.2, 0) is 4.79 Å². The van der Waals surface area contributed by atoms with E-state index in [1.165, 1.54) is 13.2 Å². The molecule has 0 fully saturated rings. The van der Waals surface area contributed by atoms with Crippen molar-refractivity contribution in [2.24, 2.45) is 0 Å². The Balaban J connectivity index is 2.76. The van der Waals surface area contributed by atoms with E-state index in [9.17, 15) is 9.59 Å². The van der Waals surface area contributed by atoms with Gasteiger partial charge in [-0.15, -0.1) is 0 Å². The van der Waals surface area contributed by atoms with Crippen molar-refractivity contribution in [1.29, 1.82) is 0 Å². The molecule has 1 aromatic carbocycles. The Morgan fingerprint density at radius 3 is 2.79 bits per heavy atom. The lowest BCUT2D eigenvalue weighted by Gasteiger charge is -2.13. The number of nitrogens with one attached hydrogen (secondary N) is 1. The molecule has 0 saturated carbocycles. The Bertz CT molecular complexity index is 462. The molecule has 0 unspecified atom stereocenters. The summed E-state index contributed by atoms with van der Waals surface area (Å²) in [7, 11) is 1.46. The van der Waals surface area contributed by atoms with E-state index in [1.807, 2.05) is 6.92 Å². The zero-order valence-corrected chi connectivity index (χ0v) is 11.6. The highest BCUT2D eigenvalue weighted by Crippen LogP contribution is 2.33. The van der Waals surface area contributed by atoms with Crippen molar-refractivity contribution >= 4 is 23.8 Å². The second kappa shape index (κ2) is 7.63. The molecule has 0 heterocycles. The molecule has 0 aliphatic carbocycles. The summed E-state index contributed by atoms with van der Waals surface area (Å²) in [4.78, 5) is 22.3. The van der Waals surface area contributed by atoms with E-state index in [2.05, 4.69) is 5.32 Å². The number of amides is 1. The SMILES string of the molecule is CCNC(=O)CCOc1c(C=O)cc(Cl)cc1OC. The van der Waals surface area contributed by atoms with Crippen LogP contribution in [0.3, 0.4) is 0 Å². The molecule has 6 heteroatoms. The van der Waals surface area contributed by atoms with Crippen molar-refractivity contribution < 1.29 is 19.1 Å². The molecule has 0 saturated heterocycles. The predicted molar refractivity (Wildman–Crippen MR) is 72.2 cm³/mol. The van der Waals surface area contributed by atoms with Crippen LogP contribution >= 0.6 is 11.6 Å². The Morgan fingerprint density at radius 1 is 1.47 bits per heavy atom. The van der Waals surface area contributed by atoms with Gasteiger partial charge in [0.1, 0.15) is 0 Å². The lowest BCUT2D eigenvalue weighted by molar-refractivity contribution is -0.121. The smallest absolute Gasteiger partial charge is 0.223 e. The van der Waals surface area contributed by atoms with Crippen LogP contribution in [-0.4, -0.2) is 32.5 Å². The van der Waals surface area contributed by atoms with Gasteiger partial charge in [0.05, 0.1) is 25.7 Å². The number of carbonyl (C=O) groups excluding carboxylic acids is 2. The highest BCUT2D eigenvalue weighted by atomic mass is 35.5. The largest absolute Gasteiger partial charge is 0.493 e. The quantitative estimate of drug-likeness (QED) is 0.779. The van der Waals surface area contributed by atoms with Gasteiger partial charge in [-0.1, -0.05) is 11.6 Å². The van der Waals surface area contributed by atoms with E-state index in [1.54, 1.807) is 6.07 Å². The molecule has 1 amide bonds. The van der Waals surface area contributed by atoms with Gasteiger partial charge in [0.2, 0.25) is 5.91 Å². The molecule has 0 aromatic heterocycles. The third-order valence-electron chi connectivity index (χ3n) is 2.34. The monoisotopic (exact) mass is 285 g/mol. The molecule has 19 heavy (non-hydrogen) atoms. The molecular formula is C13H16ClNO4. The van der Waals surface area contributed by atoms with Crippen LogP contribution in [0.4, 0.5) is 0 Å². The minimum absolute atomic E-state index is 0.108. The van der Waals surface area contributed by atoms with Crippen molar-refractivity contribution in [3.05, 3.63) is 22.7 Å². The average molecular weight is 286 g/mol. The zero-order valence-electron chi connectivity index (χ0n) is 10.9. The second-order valence-corrected chi connectivity index (χ2v) is 4.13. The van der Waals surface area contributed by atoms with E-state index in [0.29, 0.717) is 34.9 Å². The molecule has 5 nitrogen and oxygen atoms in total. The molecule has 0 bridgehead atoms. The summed E-state index contributed by atoms with van der Waals surface area (Å²) in [6, 6.07) is 3.04. The summed E-state index contributed by atoms with van der Waals surface area (Å²) in [6.07, 6.45) is 0.841. The summed E-state index contributed by atoms with van der Waals surface area (Å²) in [5, 5.41) is 3.04. The van der Waals surface area contributed by atoms with Gasteiger partial charge in [-0.05, 0) is 13.0 Å². The van der Waals surface area contributed by atoms with Gasteiger partial charge in [-0.2, -0.15) is 0 Å². The van der Waals surface area contributed by atoms with E-state index in [0.717, 1.165) is 0 Å². The zero-order chi connectivity index (χ0) is 14.3. The number of hydrogen-bond donors (Lipinski definition) is 1. The minimum Gasteiger partial charge on any atom is -0.493 e. The fourth-order valence-electron chi connectivity index (χ4n) is 1.51. The number of aldehydes is 1. The lowest BCUT2D eigenvalue weighted by Crippen LogP contribution is -2.24. The maximum Gasteiger partial charge on any atom is 0.223 e. The first kappa shape index (κ1) is 15.3. The lowest BCUT2D eigenvalue weighted by atomic mass is 10.2. The van der Waals surface area contributed by atoms with Crippen molar-refractivity contribution in [3.63, 3.8) is 0 Å². The number of ether oxygens (including phenoxy) is 2. The van der Waals surface area contributed by atoms with Gasteiger partial charge in [-0.3, -0.25) is 9.59 Å². The highest BCUT2D eigenvalue weighted by molar-refractivity contribution is 6.31. The van der Waals surface area contributed by atoms with Crippen LogP contribution in [0, 0.1) is 0 Å². The van der Waals surface area contributed by atoms with Crippen LogP contribution in [0.15, 0.2) is 12.1 Å². The Morgan fingerprint density at radius 2 is 2.21 bits per heavy atom. The Kier molecular flexibility index (Phi) is 6.15. The van der Waals surface area contributed by atoms with Crippen molar-refractivity contribution in [2.75, 3.05) is 20.3 Å². The number of halogens is 1. The summed E-state index contributed by atoms with van der Waals surface area (Å²) >= 11 is 5.85. The van der Waals surface area contributed by atoms with Gasteiger partial charge in [0, 0.05) is 17.6 Å². The van der Waals surface area contributed by atoms with Gasteiger partial charge in [0.15, 0.2) is 17.8 Å². The van der Waals surface area contributed by atoms with Crippen molar-refractivity contribution in [2.45, 2.75) is 13.3 Å². The maximum absolute atomic E-state index is 11.3. The summed E-state index contributed by atoms with van der Waals surface area (Å²) in [5.74, 6) is 0.555. The number of hydrogen-bond acceptors (Lipinski definition) is 4. The van der Waals surface area contributed by atoms with E-state index in [-0.39, 0.29) is 18.9 Å². The average Bonchev–Trinajstić information content (AvgIpc) is 2.39. The van der Waals surface area contributed by atoms with Gasteiger partial charge in [-0.25, -0.2) is 0 Å². The molecule has 0 atom stereocenters. The van der Waals surface area contributed by atoms with Crippen LogP contribution < -0.4 is 14.8 Å². The van der Waals surface area contributed by atoms with E-state index >= 15 is 0 Å². The van der Waals surface area contributed by atoms with Crippen LogP contribution in [0.25, 0.3) is 0 Å². The number of carbonyl (C=O) groups is 2. The third-order valence-corrected chi connectivity index (χ3v) is 2.56. The maximum atomic E-state index is 11.3. The predicted octanol–water partition coefficient (Wildman–Crippen LogP) is 2.07. The van der Waals surface area contributed by atoms with Gasteiger partial charge < -0.3 is 14.8 Å². The topological polar surface area (TPSA) is 64.6 Å². The molecule has 0 radical (unpaired) electrons. The first-order valence-electron chi connectivity index (χ1n) is 5.84. The van der Waals surface area contributed by atoms with Crippen molar-refractivity contribution in [3.8, 4) is 11.5 Å². The molecule has 0 aliphatic rings. The third kappa shape index (κ3) is 4.44. The molecule has 104 valence electrons. The first-order valence-corrected chi connectivity index (χ1v) is 6.22. The normalized spacial score (nSPS) is 9.84. The van der Waals surface area contributed by atoms with Gasteiger partial charge in [0.25, 0.3) is 0 Å². The standard InChI is InChI=1S/C13H16ClNO4/c1-3-15-12(17)4-5-19-13-9(8-16)6-10(14)7-11(13)18-2/h6-8H,3-5H2,1-2H3,(H,15,17). The molecule has 1 aromatic rings. The summed E-state index contributed by atoms with van der Waals surface area (Å²) < 4.78 is 10.6. The fraction of sp³-hybridized carbons (Fsp3) is 0.385. The molecular weight excluding hydrogens is 270 g/mol. The summed E-state index contributed by atoms with van der Waals surface area (Å²) in [5.41, 5.74) is 0.292.